The molecule has 0 spiro atoms. The summed E-state index contributed by atoms with van der Waals surface area (Å²) in [6, 6.07) is 1.74. The molecule has 0 aliphatic carbocycles. The standard InChI is InChI=1S/C10H16N2O3/c1-3-4-5-8-6-10(15-12-8)11-9(13)7-14-2/h6H,3-5,7H2,1-2H3,(H,11,13). The highest BCUT2D eigenvalue weighted by Crippen LogP contribution is 2.11. The first kappa shape index (κ1) is 11.7. The minimum atomic E-state index is -0.240. The molecule has 0 atom stereocenters. The maximum Gasteiger partial charge on any atom is 0.252 e. The van der Waals surface area contributed by atoms with Crippen molar-refractivity contribution in [1.29, 1.82) is 0 Å². The van der Waals surface area contributed by atoms with Gasteiger partial charge in [0.1, 0.15) is 6.61 Å². The zero-order valence-corrected chi connectivity index (χ0v) is 9.08. The predicted octanol–water partition coefficient (Wildman–Crippen LogP) is 1.60. The summed E-state index contributed by atoms with van der Waals surface area (Å²) in [5.74, 6) is 0.138. The van der Waals surface area contributed by atoms with E-state index >= 15 is 0 Å². The molecular weight excluding hydrogens is 196 g/mol. The highest BCUT2D eigenvalue weighted by Gasteiger charge is 2.07. The molecule has 1 amide bonds. The lowest BCUT2D eigenvalue weighted by Gasteiger charge is -1.97. The summed E-state index contributed by atoms with van der Waals surface area (Å²) in [7, 11) is 1.46. The maximum absolute atomic E-state index is 11.1. The summed E-state index contributed by atoms with van der Waals surface area (Å²) >= 11 is 0. The van der Waals surface area contributed by atoms with E-state index in [1.807, 2.05) is 0 Å². The van der Waals surface area contributed by atoms with E-state index in [2.05, 4.69) is 22.1 Å². The quantitative estimate of drug-likeness (QED) is 0.777. The number of methoxy groups -OCH3 is 1. The molecule has 0 saturated carbocycles. The van der Waals surface area contributed by atoms with Gasteiger partial charge in [0.2, 0.25) is 5.88 Å². The number of anilines is 1. The Morgan fingerprint density at radius 1 is 1.67 bits per heavy atom. The molecule has 15 heavy (non-hydrogen) atoms. The van der Waals surface area contributed by atoms with Gasteiger partial charge in [0.15, 0.2) is 0 Å². The summed E-state index contributed by atoms with van der Waals surface area (Å²) in [6.45, 7) is 2.13. The number of hydrogen-bond donors (Lipinski definition) is 1. The molecule has 0 bridgehead atoms. The summed E-state index contributed by atoms with van der Waals surface area (Å²) in [6.07, 6.45) is 3.05. The van der Waals surface area contributed by atoms with Gasteiger partial charge in [0.25, 0.3) is 5.91 Å². The molecule has 0 unspecified atom stereocenters. The highest BCUT2D eigenvalue weighted by atomic mass is 16.5. The lowest BCUT2D eigenvalue weighted by molar-refractivity contribution is -0.119. The van der Waals surface area contributed by atoms with Crippen LogP contribution in [0.1, 0.15) is 25.5 Å². The molecule has 5 heteroatoms. The van der Waals surface area contributed by atoms with Gasteiger partial charge < -0.3 is 9.26 Å². The largest absolute Gasteiger partial charge is 0.375 e. The molecule has 1 aromatic rings. The molecule has 0 aromatic carbocycles. The number of ether oxygens (including phenoxy) is 1. The normalized spacial score (nSPS) is 10.3. The van der Waals surface area contributed by atoms with Crippen molar-refractivity contribution in [3.63, 3.8) is 0 Å². The van der Waals surface area contributed by atoms with Crippen molar-refractivity contribution in [3.05, 3.63) is 11.8 Å². The van der Waals surface area contributed by atoms with Crippen molar-refractivity contribution in [2.45, 2.75) is 26.2 Å². The van der Waals surface area contributed by atoms with E-state index in [1.165, 1.54) is 7.11 Å². The van der Waals surface area contributed by atoms with Gasteiger partial charge in [-0.1, -0.05) is 18.5 Å². The van der Waals surface area contributed by atoms with E-state index in [4.69, 9.17) is 4.52 Å². The number of hydrogen-bond acceptors (Lipinski definition) is 4. The molecule has 5 nitrogen and oxygen atoms in total. The van der Waals surface area contributed by atoms with E-state index < -0.39 is 0 Å². The van der Waals surface area contributed by atoms with Gasteiger partial charge in [-0.15, -0.1) is 0 Å². The molecule has 0 fully saturated rings. The van der Waals surface area contributed by atoms with Crippen LogP contribution in [-0.4, -0.2) is 24.8 Å². The van der Waals surface area contributed by atoms with Crippen LogP contribution in [-0.2, 0) is 16.0 Å². The van der Waals surface area contributed by atoms with Crippen LogP contribution >= 0.6 is 0 Å². The summed E-state index contributed by atoms with van der Waals surface area (Å²) in [4.78, 5) is 11.1. The lowest BCUT2D eigenvalue weighted by atomic mass is 10.2. The van der Waals surface area contributed by atoms with Crippen LogP contribution in [0.2, 0.25) is 0 Å². The van der Waals surface area contributed by atoms with Crippen LogP contribution in [0.4, 0.5) is 5.88 Å². The molecule has 0 aliphatic heterocycles. The zero-order chi connectivity index (χ0) is 11.1. The first-order chi connectivity index (χ1) is 7.26. The smallest absolute Gasteiger partial charge is 0.252 e. The van der Waals surface area contributed by atoms with E-state index in [-0.39, 0.29) is 12.5 Å². The van der Waals surface area contributed by atoms with Gasteiger partial charge in [-0.05, 0) is 12.8 Å². The fourth-order valence-corrected chi connectivity index (χ4v) is 1.15. The second kappa shape index (κ2) is 6.19. The number of nitrogens with zero attached hydrogens (tertiary/aromatic N) is 1. The molecule has 0 radical (unpaired) electrons. The fraction of sp³-hybridized carbons (Fsp3) is 0.600. The Hall–Kier alpha value is -1.36. The first-order valence-corrected chi connectivity index (χ1v) is 5.00. The zero-order valence-electron chi connectivity index (χ0n) is 9.08. The maximum atomic E-state index is 11.1. The van der Waals surface area contributed by atoms with Crippen LogP contribution in [0, 0.1) is 0 Å². The molecule has 0 saturated heterocycles. The summed E-state index contributed by atoms with van der Waals surface area (Å²) in [5, 5.41) is 6.38. The topological polar surface area (TPSA) is 64.4 Å². The average Bonchev–Trinajstić information content (AvgIpc) is 2.63. The van der Waals surface area contributed by atoms with E-state index in [0.29, 0.717) is 5.88 Å². The van der Waals surface area contributed by atoms with Gasteiger partial charge in [0.05, 0.1) is 5.69 Å². The number of amides is 1. The van der Waals surface area contributed by atoms with Crippen molar-refractivity contribution < 1.29 is 14.1 Å². The third-order valence-electron chi connectivity index (χ3n) is 1.88. The molecule has 1 rings (SSSR count). The summed E-state index contributed by atoms with van der Waals surface area (Å²) in [5.41, 5.74) is 0.865. The second-order valence-corrected chi connectivity index (χ2v) is 3.27. The third-order valence-corrected chi connectivity index (χ3v) is 1.88. The average molecular weight is 212 g/mol. The van der Waals surface area contributed by atoms with Gasteiger partial charge >= 0.3 is 0 Å². The Bertz CT molecular complexity index is 309. The Balaban J connectivity index is 2.42. The number of aryl methyl sites for hydroxylation is 1. The van der Waals surface area contributed by atoms with Crippen molar-refractivity contribution in [1.82, 2.24) is 5.16 Å². The van der Waals surface area contributed by atoms with Crippen LogP contribution in [0.5, 0.6) is 0 Å². The van der Waals surface area contributed by atoms with Crippen LogP contribution in [0.25, 0.3) is 0 Å². The summed E-state index contributed by atoms with van der Waals surface area (Å²) < 4.78 is 9.61. The monoisotopic (exact) mass is 212 g/mol. The minimum Gasteiger partial charge on any atom is -0.375 e. The van der Waals surface area contributed by atoms with Crippen molar-refractivity contribution in [2.75, 3.05) is 19.0 Å². The van der Waals surface area contributed by atoms with E-state index in [0.717, 1.165) is 25.0 Å². The highest BCUT2D eigenvalue weighted by molar-refractivity contribution is 5.90. The Kier molecular flexibility index (Phi) is 4.83. The molecular formula is C10H16N2O3. The van der Waals surface area contributed by atoms with Gasteiger partial charge in [-0.25, -0.2) is 0 Å². The Labute approximate surface area is 88.8 Å². The van der Waals surface area contributed by atoms with Crippen molar-refractivity contribution in [3.8, 4) is 0 Å². The van der Waals surface area contributed by atoms with Gasteiger partial charge in [-0.2, -0.15) is 0 Å². The number of carbonyl (C=O) groups excluding carboxylic acids is 1. The fourth-order valence-electron chi connectivity index (χ4n) is 1.15. The van der Waals surface area contributed by atoms with Crippen LogP contribution < -0.4 is 5.32 Å². The molecule has 1 heterocycles. The molecule has 1 aromatic heterocycles. The SMILES string of the molecule is CCCCc1cc(NC(=O)COC)on1. The lowest BCUT2D eigenvalue weighted by Crippen LogP contribution is -2.16. The first-order valence-electron chi connectivity index (χ1n) is 5.00. The molecule has 84 valence electrons. The number of carbonyl (C=O) groups is 1. The van der Waals surface area contributed by atoms with E-state index in [9.17, 15) is 4.79 Å². The molecule has 0 aliphatic rings. The number of nitrogens with one attached hydrogen (secondary N) is 1. The second-order valence-electron chi connectivity index (χ2n) is 3.27. The number of rotatable bonds is 6. The van der Waals surface area contributed by atoms with Crippen molar-refractivity contribution in [2.24, 2.45) is 0 Å². The number of unbranched alkanes of at least 4 members (excludes halogenated alkanes) is 1. The minimum absolute atomic E-state index is 0.0188. The van der Waals surface area contributed by atoms with Crippen molar-refractivity contribution >= 4 is 11.8 Å². The van der Waals surface area contributed by atoms with Gasteiger partial charge in [0, 0.05) is 13.2 Å². The predicted molar refractivity (Wildman–Crippen MR) is 55.6 cm³/mol. The third kappa shape index (κ3) is 4.12. The number of aromatic nitrogens is 1. The van der Waals surface area contributed by atoms with Crippen LogP contribution in [0.3, 0.4) is 0 Å². The van der Waals surface area contributed by atoms with Gasteiger partial charge in [-0.3, -0.25) is 10.1 Å². The Morgan fingerprint density at radius 3 is 3.13 bits per heavy atom. The molecule has 1 N–H and O–H groups in total. The Morgan fingerprint density at radius 2 is 2.47 bits per heavy atom. The van der Waals surface area contributed by atoms with E-state index in [1.54, 1.807) is 6.07 Å². The van der Waals surface area contributed by atoms with Crippen LogP contribution in [0.15, 0.2) is 10.6 Å².